The quantitative estimate of drug-likeness (QED) is 0.181. The van der Waals surface area contributed by atoms with Gasteiger partial charge in [0.1, 0.15) is 0 Å². The van der Waals surface area contributed by atoms with Crippen molar-refractivity contribution in [2.24, 2.45) is 0 Å². The molecule has 0 aliphatic rings. The van der Waals surface area contributed by atoms with Gasteiger partial charge >= 0.3 is 0 Å². The van der Waals surface area contributed by atoms with Crippen LogP contribution >= 0.6 is 15.9 Å². The maximum Gasteiger partial charge on any atom is 0.0332 e. The summed E-state index contributed by atoms with van der Waals surface area (Å²) in [6.45, 7) is 0. The highest BCUT2D eigenvalue weighted by Crippen LogP contribution is 2.44. The molecular weight excluding hydrogens is 560 g/mol. The summed E-state index contributed by atoms with van der Waals surface area (Å²) in [5.41, 5.74) is 7.42. The topological polar surface area (TPSA) is 0 Å². The van der Waals surface area contributed by atoms with E-state index in [4.69, 9.17) is 0 Å². The Bertz CT molecular complexity index is 2110. The lowest BCUT2D eigenvalue weighted by Gasteiger charge is -2.18. The Hall–Kier alpha value is -4.72. The van der Waals surface area contributed by atoms with Crippen molar-refractivity contribution in [3.63, 3.8) is 0 Å². The van der Waals surface area contributed by atoms with Gasteiger partial charge in [-0.15, -0.1) is 0 Å². The van der Waals surface area contributed by atoms with Crippen LogP contribution in [0.3, 0.4) is 0 Å². The van der Waals surface area contributed by atoms with Crippen molar-refractivity contribution >= 4 is 59.0 Å². The van der Waals surface area contributed by atoms with E-state index in [1.54, 1.807) is 0 Å². The van der Waals surface area contributed by atoms with Crippen LogP contribution in [0.25, 0.3) is 76.5 Å². The molecule has 0 saturated carbocycles. The molecule has 0 aliphatic heterocycles. The lowest BCUT2D eigenvalue weighted by atomic mass is 9.87. The van der Waals surface area contributed by atoms with Crippen molar-refractivity contribution in [2.75, 3.05) is 0 Å². The molecule has 0 bridgehead atoms. The minimum atomic E-state index is 1.15. The smallest absolute Gasteiger partial charge is 0.0332 e. The van der Waals surface area contributed by atoms with Crippen molar-refractivity contribution < 1.29 is 0 Å². The molecule has 1 heteroatoms. The first kappa shape index (κ1) is 24.1. The number of rotatable bonds is 3. The summed E-state index contributed by atoms with van der Waals surface area (Å²) in [4.78, 5) is 0. The highest BCUT2D eigenvalue weighted by Gasteiger charge is 2.17. The Morgan fingerprint density at radius 3 is 1.17 bits per heavy atom. The van der Waals surface area contributed by atoms with E-state index in [9.17, 15) is 0 Å². The fourth-order valence-electron chi connectivity index (χ4n) is 6.42. The Balaban J connectivity index is 1.52. The van der Waals surface area contributed by atoms with Gasteiger partial charge in [0.05, 0.1) is 0 Å². The zero-order chi connectivity index (χ0) is 27.3. The molecule has 0 atom stereocenters. The van der Waals surface area contributed by atoms with E-state index in [2.05, 4.69) is 168 Å². The van der Waals surface area contributed by atoms with Crippen LogP contribution in [0.5, 0.6) is 0 Å². The van der Waals surface area contributed by atoms with Crippen molar-refractivity contribution in [1.82, 2.24) is 0 Å². The second kappa shape index (κ2) is 9.73. The van der Waals surface area contributed by atoms with E-state index in [0.29, 0.717) is 0 Å². The van der Waals surface area contributed by atoms with Crippen LogP contribution < -0.4 is 0 Å². The van der Waals surface area contributed by atoms with Crippen LogP contribution in [-0.4, -0.2) is 0 Å². The highest BCUT2D eigenvalue weighted by molar-refractivity contribution is 9.10. The highest BCUT2D eigenvalue weighted by atomic mass is 79.9. The second-order valence-electron chi connectivity index (χ2n) is 10.6. The summed E-state index contributed by atoms with van der Waals surface area (Å²) in [5, 5.41) is 9.98. The third kappa shape index (κ3) is 3.96. The largest absolute Gasteiger partial charge is 0.0616 e. The molecule has 0 spiro atoms. The average Bonchev–Trinajstić information content (AvgIpc) is 3.04. The van der Waals surface area contributed by atoms with Gasteiger partial charge in [-0.3, -0.25) is 0 Å². The third-order valence-electron chi connectivity index (χ3n) is 8.29. The monoisotopic (exact) mass is 584 g/mol. The molecule has 0 unspecified atom stereocenters. The summed E-state index contributed by atoms with van der Waals surface area (Å²) in [6, 6.07) is 55.3. The molecule has 8 aromatic carbocycles. The van der Waals surface area contributed by atoms with Crippen LogP contribution in [0, 0.1) is 0 Å². The summed E-state index contributed by atoms with van der Waals surface area (Å²) >= 11 is 3.95. The lowest BCUT2D eigenvalue weighted by Crippen LogP contribution is -1.91. The van der Waals surface area contributed by atoms with Gasteiger partial charge in [0.15, 0.2) is 0 Å². The molecule has 0 aliphatic carbocycles. The van der Waals surface area contributed by atoms with Crippen molar-refractivity contribution in [3.8, 4) is 33.4 Å². The molecule has 0 aromatic heterocycles. The molecule has 0 nitrogen and oxygen atoms in total. The predicted octanol–water partition coefficient (Wildman–Crippen LogP) is 12.1. The molecule has 0 N–H and O–H groups in total. The molecule has 192 valence electrons. The van der Waals surface area contributed by atoms with Crippen molar-refractivity contribution in [1.29, 1.82) is 0 Å². The number of hydrogen-bond donors (Lipinski definition) is 0. The number of fused-ring (bicyclic) bond motifs is 4. The molecule has 0 radical (unpaired) electrons. The van der Waals surface area contributed by atoms with Gasteiger partial charge in [-0.05, 0) is 111 Å². The Kier molecular flexibility index (Phi) is 5.72. The normalized spacial score (nSPS) is 11.5. The zero-order valence-corrected chi connectivity index (χ0v) is 23.9. The number of benzene rings is 8. The Morgan fingerprint density at radius 2 is 0.683 bits per heavy atom. The molecule has 0 fully saturated rings. The van der Waals surface area contributed by atoms with E-state index in [0.717, 1.165) is 4.47 Å². The summed E-state index contributed by atoms with van der Waals surface area (Å²) in [6.07, 6.45) is 0. The first-order valence-electron chi connectivity index (χ1n) is 14.0. The predicted molar refractivity (Wildman–Crippen MR) is 180 cm³/mol. The van der Waals surface area contributed by atoms with Crippen LogP contribution in [0.15, 0.2) is 156 Å². The summed E-state index contributed by atoms with van der Waals surface area (Å²) in [7, 11) is 0. The minimum Gasteiger partial charge on any atom is -0.0616 e. The molecule has 0 amide bonds. The first-order valence-corrected chi connectivity index (χ1v) is 14.8. The van der Waals surface area contributed by atoms with Gasteiger partial charge in [0.2, 0.25) is 0 Å². The maximum absolute atomic E-state index is 3.95. The van der Waals surface area contributed by atoms with Crippen LogP contribution in [0.2, 0.25) is 0 Å². The van der Waals surface area contributed by atoms with Gasteiger partial charge in [0.25, 0.3) is 0 Å². The minimum absolute atomic E-state index is 1.15. The molecule has 0 heterocycles. The maximum atomic E-state index is 3.95. The van der Waals surface area contributed by atoms with Crippen LogP contribution in [-0.2, 0) is 0 Å². The van der Waals surface area contributed by atoms with Crippen molar-refractivity contribution in [3.05, 3.63) is 156 Å². The SMILES string of the molecule is Brc1c2ccccc2c(-c2cc(-c3cccc4ccccc34)cc(-c3cccc4ccccc34)c2)c2ccccc12. The van der Waals surface area contributed by atoms with Gasteiger partial charge in [0, 0.05) is 4.47 Å². The zero-order valence-electron chi connectivity index (χ0n) is 22.3. The average molecular weight is 586 g/mol. The first-order chi connectivity index (χ1) is 20.3. The molecule has 8 aromatic rings. The molecular formula is C40H25Br. The van der Waals surface area contributed by atoms with Gasteiger partial charge in [-0.25, -0.2) is 0 Å². The van der Waals surface area contributed by atoms with Crippen LogP contribution in [0.4, 0.5) is 0 Å². The van der Waals surface area contributed by atoms with E-state index in [1.807, 2.05) is 0 Å². The van der Waals surface area contributed by atoms with Gasteiger partial charge < -0.3 is 0 Å². The van der Waals surface area contributed by atoms with Crippen molar-refractivity contribution in [2.45, 2.75) is 0 Å². The van der Waals surface area contributed by atoms with E-state index < -0.39 is 0 Å². The summed E-state index contributed by atoms with van der Waals surface area (Å²) in [5.74, 6) is 0. The van der Waals surface area contributed by atoms with Gasteiger partial charge in [-0.1, -0.05) is 133 Å². The van der Waals surface area contributed by atoms with E-state index in [-0.39, 0.29) is 0 Å². The molecule has 41 heavy (non-hydrogen) atoms. The lowest BCUT2D eigenvalue weighted by molar-refractivity contribution is 1.61. The number of halogens is 1. The number of hydrogen-bond acceptors (Lipinski definition) is 0. The fraction of sp³-hybridized carbons (Fsp3) is 0. The molecule has 0 saturated heterocycles. The van der Waals surface area contributed by atoms with Gasteiger partial charge in [-0.2, -0.15) is 0 Å². The Labute approximate surface area is 247 Å². The second-order valence-corrected chi connectivity index (χ2v) is 11.4. The third-order valence-corrected chi connectivity index (χ3v) is 9.14. The summed E-state index contributed by atoms with van der Waals surface area (Å²) < 4.78 is 1.15. The fourth-order valence-corrected chi connectivity index (χ4v) is 7.11. The molecule has 8 rings (SSSR count). The van der Waals surface area contributed by atoms with Crippen LogP contribution in [0.1, 0.15) is 0 Å². The van der Waals surface area contributed by atoms with E-state index in [1.165, 1.54) is 76.5 Å². The Morgan fingerprint density at radius 1 is 0.317 bits per heavy atom. The van der Waals surface area contributed by atoms with E-state index >= 15 is 0 Å². The standard InChI is InChI=1S/C40H25Br/c41-40-37-19-7-5-17-35(37)39(36-18-6-8-20-38(36)40)30-24-28(33-21-9-13-26-11-1-3-15-31(26)33)23-29(25-30)34-22-10-14-27-12-2-4-16-32(27)34/h1-25H.